The van der Waals surface area contributed by atoms with Crippen molar-refractivity contribution in [3.63, 3.8) is 0 Å². The first-order valence-corrected chi connectivity index (χ1v) is 12.7. The summed E-state index contributed by atoms with van der Waals surface area (Å²) in [7, 11) is -3.46. The molecule has 1 aromatic carbocycles. The average molecular weight is 440 g/mol. The topological polar surface area (TPSA) is 81.7 Å². The first-order chi connectivity index (χ1) is 14.2. The number of benzene rings is 1. The highest BCUT2D eigenvalue weighted by Crippen LogP contribution is 2.34. The molecule has 0 aliphatic carbocycles. The van der Waals surface area contributed by atoms with E-state index < -0.39 is 15.9 Å². The molecule has 2 rings (SSSR count). The lowest BCUT2D eigenvalue weighted by molar-refractivity contribution is -0.240. The van der Waals surface area contributed by atoms with Crippen LogP contribution in [0.1, 0.15) is 76.3 Å². The van der Waals surface area contributed by atoms with Crippen molar-refractivity contribution in [1.82, 2.24) is 4.72 Å². The molecule has 1 aromatic rings. The van der Waals surface area contributed by atoms with Gasteiger partial charge in [-0.25, -0.2) is 8.42 Å². The Morgan fingerprint density at radius 2 is 1.87 bits per heavy atom. The Kier molecular flexibility index (Phi) is 9.78. The number of nitrogens with one attached hydrogen (secondary N) is 1. The second kappa shape index (κ2) is 11.8. The first-order valence-electron chi connectivity index (χ1n) is 11.1. The molecule has 3 atom stereocenters. The van der Waals surface area contributed by atoms with E-state index >= 15 is 0 Å². The van der Waals surface area contributed by atoms with Gasteiger partial charge in [0, 0.05) is 18.3 Å². The maximum absolute atomic E-state index is 11.7. The number of hydrogen-bond acceptors (Lipinski definition) is 5. The number of unbranched alkanes of at least 4 members (excludes halogenated alkanes) is 3. The van der Waals surface area contributed by atoms with E-state index in [0.29, 0.717) is 18.9 Å². The fraction of sp³-hybridized carbons (Fsp3) is 0.696. The molecule has 170 valence electrons. The second-order valence-corrected chi connectivity index (χ2v) is 10.5. The molecule has 0 saturated carbocycles. The molecule has 3 unspecified atom stereocenters. The number of rotatable bonds is 11. The Labute approximate surface area is 181 Å². The van der Waals surface area contributed by atoms with E-state index in [-0.39, 0.29) is 30.5 Å². The summed E-state index contributed by atoms with van der Waals surface area (Å²) in [6, 6.07) is 8.41. The highest BCUT2D eigenvalue weighted by molar-refractivity contribution is 7.90. The van der Waals surface area contributed by atoms with E-state index in [1.165, 1.54) is 18.1 Å². The second-order valence-electron chi connectivity index (χ2n) is 8.46. The standard InChI is InChI=1S/C23H37NO5S/c1-5-30(26,27)24-22(25)15-9-7-6-8-14-21-20(16-28-23(29-21)17(2)3)19-13-11-10-12-18(19)4/h10-13,17,20-21,23H,5-9,14-16H2,1-4H3,(H,24,25). The van der Waals surface area contributed by atoms with Crippen molar-refractivity contribution in [2.24, 2.45) is 5.92 Å². The molecule has 1 saturated heterocycles. The van der Waals surface area contributed by atoms with Gasteiger partial charge >= 0.3 is 0 Å². The summed E-state index contributed by atoms with van der Waals surface area (Å²) in [5, 5.41) is 0. The van der Waals surface area contributed by atoms with E-state index in [4.69, 9.17) is 9.47 Å². The number of carbonyl (C=O) groups is 1. The minimum Gasteiger partial charge on any atom is -0.352 e. The number of hydrogen-bond donors (Lipinski definition) is 1. The lowest BCUT2D eigenvalue weighted by atomic mass is 9.87. The predicted molar refractivity (Wildman–Crippen MR) is 119 cm³/mol. The molecule has 1 amide bonds. The van der Waals surface area contributed by atoms with Crippen molar-refractivity contribution in [1.29, 1.82) is 0 Å². The monoisotopic (exact) mass is 439 g/mol. The highest BCUT2D eigenvalue weighted by atomic mass is 32.2. The first kappa shape index (κ1) is 24.8. The highest BCUT2D eigenvalue weighted by Gasteiger charge is 2.34. The minimum atomic E-state index is -3.46. The van der Waals surface area contributed by atoms with Gasteiger partial charge in [0.15, 0.2) is 6.29 Å². The van der Waals surface area contributed by atoms with Gasteiger partial charge in [-0.05, 0) is 37.8 Å². The van der Waals surface area contributed by atoms with Gasteiger partial charge in [-0.1, -0.05) is 57.4 Å². The Morgan fingerprint density at radius 3 is 2.53 bits per heavy atom. The van der Waals surface area contributed by atoms with Crippen molar-refractivity contribution in [3.05, 3.63) is 35.4 Å². The number of sulfonamides is 1. The van der Waals surface area contributed by atoms with E-state index in [1.54, 1.807) is 0 Å². The molecule has 0 aromatic heterocycles. The SMILES string of the molecule is CCS(=O)(=O)NC(=O)CCCCCCC1OC(C(C)C)OCC1c1ccccc1C. The Hall–Kier alpha value is -1.44. The van der Waals surface area contributed by atoms with Crippen LogP contribution in [-0.2, 0) is 24.3 Å². The predicted octanol–water partition coefficient (Wildman–Crippen LogP) is 4.28. The van der Waals surface area contributed by atoms with Crippen LogP contribution in [-0.4, -0.2) is 39.1 Å². The molecule has 7 heteroatoms. The zero-order valence-electron chi connectivity index (χ0n) is 18.7. The van der Waals surface area contributed by atoms with Crippen LogP contribution < -0.4 is 4.72 Å². The van der Waals surface area contributed by atoms with Crippen molar-refractivity contribution in [3.8, 4) is 0 Å². The van der Waals surface area contributed by atoms with E-state index in [1.807, 2.05) is 0 Å². The van der Waals surface area contributed by atoms with Crippen LogP contribution in [0.4, 0.5) is 0 Å². The molecule has 1 N–H and O–H groups in total. The zero-order valence-corrected chi connectivity index (χ0v) is 19.5. The van der Waals surface area contributed by atoms with Crippen molar-refractivity contribution in [2.45, 2.75) is 84.5 Å². The summed E-state index contributed by atoms with van der Waals surface area (Å²) in [5.74, 6) is 0.0435. The quantitative estimate of drug-likeness (QED) is 0.520. The molecule has 1 heterocycles. The molecule has 1 aliphatic rings. The maximum Gasteiger partial charge on any atom is 0.234 e. The number of carbonyl (C=O) groups excluding carboxylic acids is 1. The summed E-state index contributed by atoms with van der Waals surface area (Å²) in [5.41, 5.74) is 2.55. The van der Waals surface area contributed by atoms with E-state index in [2.05, 4.69) is 49.8 Å². The van der Waals surface area contributed by atoms with Gasteiger partial charge in [-0.3, -0.25) is 9.52 Å². The summed E-state index contributed by atoms with van der Waals surface area (Å²) in [6.45, 7) is 8.54. The molecule has 0 bridgehead atoms. The third-order valence-electron chi connectivity index (χ3n) is 5.62. The van der Waals surface area contributed by atoms with Crippen molar-refractivity contribution in [2.75, 3.05) is 12.4 Å². The minimum absolute atomic E-state index is 0.0801. The van der Waals surface area contributed by atoms with Crippen LogP contribution in [0.15, 0.2) is 24.3 Å². The number of amides is 1. The van der Waals surface area contributed by atoms with Crippen LogP contribution in [0.5, 0.6) is 0 Å². The maximum atomic E-state index is 11.7. The van der Waals surface area contributed by atoms with Gasteiger partial charge in [0.25, 0.3) is 0 Å². The molecule has 0 spiro atoms. The van der Waals surface area contributed by atoms with E-state index in [9.17, 15) is 13.2 Å². The van der Waals surface area contributed by atoms with Crippen molar-refractivity contribution < 1.29 is 22.7 Å². The van der Waals surface area contributed by atoms with Crippen LogP contribution in [0.25, 0.3) is 0 Å². The number of aryl methyl sites for hydroxylation is 1. The van der Waals surface area contributed by atoms with E-state index in [0.717, 1.165) is 25.7 Å². The summed E-state index contributed by atoms with van der Waals surface area (Å²) in [4.78, 5) is 11.7. The molecule has 1 aliphatic heterocycles. The average Bonchev–Trinajstić information content (AvgIpc) is 2.70. The third-order valence-corrected chi connectivity index (χ3v) is 6.92. The Morgan fingerprint density at radius 1 is 1.17 bits per heavy atom. The molecular formula is C23H37NO5S. The smallest absolute Gasteiger partial charge is 0.234 e. The van der Waals surface area contributed by atoms with Gasteiger partial charge in [-0.15, -0.1) is 0 Å². The summed E-state index contributed by atoms with van der Waals surface area (Å²) < 4.78 is 37.2. The molecule has 30 heavy (non-hydrogen) atoms. The largest absolute Gasteiger partial charge is 0.352 e. The zero-order chi connectivity index (χ0) is 22.1. The normalized spacial score (nSPS) is 22.2. The van der Waals surface area contributed by atoms with Crippen LogP contribution in [0, 0.1) is 12.8 Å². The third kappa shape index (κ3) is 7.67. The molecule has 1 fully saturated rings. The Bertz CT molecular complexity index is 778. The van der Waals surface area contributed by atoms with Crippen LogP contribution in [0.2, 0.25) is 0 Å². The van der Waals surface area contributed by atoms with Gasteiger partial charge in [0.2, 0.25) is 15.9 Å². The van der Waals surface area contributed by atoms with Gasteiger partial charge < -0.3 is 9.47 Å². The lowest BCUT2D eigenvalue weighted by Gasteiger charge is -2.39. The summed E-state index contributed by atoms with van der Waals surface area (Å²) in [6.07, 6.45) is 4.72. The Balaban J connectivity index is 1.81. The van der Waals surface area contributed by atoms with Gasteiger partial charge in [0.1, 0.15) is 0 Å². The number of ether oxygens (including phenoxy) is 2. The van der Waals surface area contributed by atoms with Gasteiger partial charge in [-0.2, -0.15) is 0 Å². The molecular weight excluding hydrogens is 402 g/mol. The molecule has 0 radical (unpaired) electrons. The van der Waals surface area contributed by atoms with Crippen LogP contribution >= 0.6 is 0 Å². The lowest BCUT2D eigenvalue weighted by Crippen LogP contribution is -2.41. The fourth-order valence-corrected chi connectivity index (χ4v) is 4.40. The van der Waals surface area contributed by atoms with Crippen molar-refractivity contribution >= 4 is 15.9 Å². The fourth-order valence-electron chi connectivity index (χ4n) is 3.81. The van der Waals surface area contributed by atoms with Crippen LogP contribution in [0.3, 0.4) is 0 Å². The summed E-state index contributed by atoms with van der Waals surface area (Å²) >= 11 is 0. The van der Waals surface area contributed by atoms with Gasteiger partial charge in [0.05, 0.1) is 18.5 Å². The molecule has 6 nitrogen and oxygen atoms in total.